The van der Waals surface area contributed by atoms with Crippen molar-refractivity contribution in [1.82, 2.24) is 0 Å². The van der Waals surface area contributed by atoms with E-state index in [9.17, 15) is 0 Å². The van der Waals surface area contributed by atoms with E-state index < -0.39 is 0 Å². The lowest BCUT2D eigenvalue weighted by Gasteiger charge is -2.34. The molecule has 0 fully saturated rings. The van der Waals surface area contributed by atoms with Gasteiger partial charge in [0.25, 0.3) is 0 Å². The molecule has 4 heteroatoms. The normalized spacial score (nSPS) is 24.1. The van der Waals surface area contributed by atoms with Gasteiger partial charge in [0, 0.05) is 35.3 Å². The first-order valence-electron chi connectivity index (χ1n) is 8.15. The van der Waals surface area contributed by atoms with Crippen LogP contribution in [0.25, 0.3) is 11.1 Å². The molecule has 0 aromatic heterocycles. The summed E-state index contributed by atoms with van der Waals surface area (Å²) in [6.07, 6.45) is 3.26. The Morgan fingerprint density at radius 2 is 2.13 bits per heavy atom. The molecule has 0 radical (unpaired) electrons. The highest BCUT2D eigenvalue weighted by atomic mass is 35.5. The van der Waals surface area contributed by atoms with E-state index in [4.69, 9.17) is 16.3 Å². The van der Waals surface area contributed by atoms with Gasteiger partial charge in [-0.05, 0) is 35.7 Å². The van der Waals surface area contributed by atoms with E-state index in [1.165, 1.54) is 11.3 Å². The molecule has 2 atom stereocenters. The lowest BCUT2D eigenvalue weighted by Crippen LogP contribution is -2.41. The number of nitrogens with zero attached hydrogens (tertiary/aromatic N) is 2. The highest BCUT2D eigenvalue weighted by Crippen LogP contribution is 2.51. The minimum Gasteiger partial charge on any atom is -0.490 e. The number of benzene rings is 2. The predicted octanol–water partition coefficient (Wildman–Crippen LogP) is 4.15. The number of hydrogen-bond acceptors (Lipinski definition) is 3. The van der Waals surface area contributed by atoms with E-state index in [0.29, 0.717) is 12.0 Å². The molecule has 23 heavy (non-hydrogen) atoms. The van der Waals surface area contributed by atoms with Crippen LogP contribution in [-0.2, 0) is 0 Å². The Morgan fingerprint density at radius 3 is 3.04 bits per heavy atom. The van der Waals surface area contributed by atoms with E-state index >= 15 is 0 Å². The molecule has 0 spiro atoms. The highest BCUT2D eigenvalue weighted by molar-refractivity contribution is 6.33. The molecule has 3 nitrogen and oxygen atoms in total. The van der Waals surface area contributed by atoms with E-state index in [2.05, 4.69) is 34.3 Å². The summed E-state index contributed by atoms with van der Waals surface area (Å²) < 4.78 is 5.99. The number of aliphatic imine (C=N–C) groups is 1. The molecule has 2 unspecified atom stereocenters. The first-order chi connectivity index (χ1) is 11.3. The molecule has 0 N–H and O–H groups in total. The summed E-state index contributed by atoms with van der Waals surface area (Å²) in [5.41, 5.74) is 4.80. The van der Waals surface area contributed by atoms with Crippen LogP contribution in [0.5, 0.6) is 5.75 Å². The Labute approximate surface area is 140 Å². The molecular formula is C19H17ClN2O. The number of ether oxygens (including phenoxy) is 1. The van der Waals surface area contributed by atoms with Gasteiger partial charge in [-0.15, -0.1) is 0 Å². The van der Waals surface area contributed by atoms with Crippen molar-refractivity contribution in [3.63, 3.8) is 0 Å². The molecule has 3 aliphatic rings. The quantitative estimate of drug-likeness (QED) is 0.787. The van der Waals surface area contributed by atoms with Crippen LogP contribution >= 0.6 is 11.6 Å². The summed E-state index contributed by atoms with van der Waals surface area (Å²) in [4.78, 5) is 7.07. The van der Waals surface area contributed by atoms with Crippen molar-refractivity contribution < 1.29 is 4.74 Å². The fraction of sp³-hybridized carbons (Fsp3) is 0.316. The van der Waals surface area contributed by atoms with Crippen LogP contribution in [-0.4, -0.2) is 32.0 Å². The molecule has 5 rings (SSSR count). The zero-order chi connectivity index (χ0) is 15.4. The Hall–Kier alpha value is -2.00. The summed E-state index contributed by atoms with van der Waals surface area (Å²) in [7, 11) is 0. The lowest BCUT2D eigenvalue weighted by molar-refractivity contribution is 0.302. The van der Waals surface area contributed by atoms with Gasteiger partial charge in [-0.3, -0.25) is 4.99 Å². The van der Waals surface area contributed by atoms with E-state index in [0.717, 1.165) is 48.0 Å². The zero-order valence-electron chi connectivity index (χ0n) is 12.7. The molecule has 3 aliphatic heterocycles. The number of rotatable bonds is 1. The topological polar surface area (TPSA) is 24.8 Å². The largest absolute Gasteiger partial charge is 0.490 e. The summed E-state index contributed by atoms with van der Waals surface area (Å²) in [6, 6.07) is 13.0. The van der Waals surface area contributed by atoms with Crippen molar-refractivity contribution in [2.45, 2.75) is 18.4 Å². The second-order valence-electron chi connectivity index (χ2n) is 6.37. The molecule has 2 aromatic rings. The minimum absolute atomic E-state index is 0.377. The van der Waals surface area contributed by atoms with Gasteiger partial charge in [0.15, 0.2) is 0 Å². The third kappa shape index (κ3) is 1.93. The maximum atomic E-state index is 6.41. The maximum absolute atomic E-state index is 6.41. The average molecular weight is 325 g/mol. The minimum atomic E-state index is 0.377. The van der Waals surface area contributed by atoms with Crippen LogP contribution in [0, 0.1) is 0 Å². The number of halogens is 1. The van der Waals surface area contributed by atoms with Gasteiger partial charge in [0.05, 0.1) is 12.2 Å². The van der Waals surface area contributed by atoms with Crippen LogP contribution in [0.3, 0.4) is 0 Å². The molecular weight excluding hydrogens is 308 g/mol. The molecule has 116 valence electrons. The SMILES string of the molecule is Clc1ccccc1-c1cc2c3c(c1)C1C=NCCC1N3CCO2. The van der Waals surface area contributed by atoms with Gasteiger partial charge >= 0.3 is 0 Å². The summed E-state index contributed by atoms with van der Waals surface area (Å²) in [5.74, 6) is 1.37. The molecule has 0 aliphatic carbocycles. The standard InChI is InChI=1S/C19H17ClN2O/c20-16-4-2-1-3-13(16)12-9-14-15-11-21-6-5-17(15)22-7-8-23-18(10-12)19(14)22/h1-4,9-11,15,17H,5-8H2. The Bertz CT molecular complexity index is 817. The van der Waals surface area contributed by atoms with Gasteiger partial charge in [-0.1, -0.05) is 29.8 Å². The molecule has 2 aromatic carbocycles. The second kappa shape index (κ2) is 5.00. The van der Waals surface area contributed by atoms with Crippen LogP contribution in [0.4, 0.5) is 5.69 Å². The van der Waals surface area contributed by atoms with Crippen LogP contribution in [0.2, 0.25) is 5.02 Å². The Balaban J connectivity index is 1.73. The average Bonchev–Trinajstić information content (AvgIpc) is 2.92. The molecule has 0 amide bonds. The van der Waals surface area contributed by atoms with Crippen LogP contribution in [0.15, 0.2) is 41.4 Å². The summed E-state index contributed by atoms with van der Waals surface area (Å²) in [5, 5.41) is 0.777. The smallest absolute Gasteiger partial charge is 0.143 e. The number of hydrogen-bond donors (Lipinski definition) is 0. The van der Waals surface area contributed by atoms with Crippen molar-refractivity contribution in [3.05, 3.63) is 47.0 Å². The van der Waals surface area contributed by atoms with Crippen molar-refractivity contribution >= 4 is 23.5 Å². The zero-order valence-corrected chi connectivity index (χ0v) is 13.5. The van der Waals surface area contributed by atoms with E-state index in [1.54, 1.807) is 0 Å². The van der Waals surface area contributed by atoms with Crippen molar-refractivity contribution in [2.75, 3.05) is 24.6 Å². The summed E-state index contributed by atoms with van der Waals surface area (Å²) in [6.45, 7) is 2.65. The third-order valence-corrected chi connectivity index (χ3v) is 5.49. The van der Waals surface area contributed by atoms with Crippen molar-refractivity contribution in [2.24, 2.45) is 4.99 Å². The van der Waals surface area contributed by atoms with Crippen LogP contribution < -0.4 is 9.64 Å². The monoisotopic (exact) mass is 324 g/mol. The van der Waals surface area contributed by atoms with Gasteiger partial charge in [0.2, 0.25) is 0 Å². The molecule has 0 bridgehead atoms. The van der Waals surface area contributed by atoms with Crippen molar-refractivity contribution in [1.29, 1.82) is 0 Å². The molecule has 3 heterocycles. The predicted molar refractivity (Wildman–Crippen MR) is 94.2 cm³/mol. The van der Waals surface area contributed by atoms with Gasteiger partial charge in [0.1, 0.15) is 12.4 Å². The van der Waals surface area contributed by atoms with Gasteiger partial charge in [-0.2, -0.15) is 0 Å². The Morgan fingerprint density at radius 1 is 1.22 bits per heavy atom. The first kappa shape index (κ1) is 13.4. The first-order valence-corrected chi connectivity index (χ1v) is 8.53. The molecule has 0 saturated heterocycles. The Kier molecular flexibility index (Phi) is 2.92. The van der Waals surface area contributed by atoms with Crippen LogP contribution in [0.1, 0.15) is 17.9 Å². The number of anilines is 1. The number of fused-ring (bicyclic) bond motifs is 3. The van der Waals surface area contributed by atoms with Gasteiger partial charge < -0.3 is 9.64 Å². The highest BCUT2D eigenvalue weighted by Gasteiger charge is 2.42. The summed E-state index contributed by atoms with van der Waals surface area (Å²) >= 11 is 6.41. The van der Waals surface area contributed by atoms with E-state index in [1.807, 2.05) is 18.2 Å². The molecule has 0 saturated carbocycles. The lowest BCUT2D eigenvalue weighted by atomic mass is 9.90. The third-order valence-electron chi connectivity index (χ3n) is 5.16. The fourth-order valence-corrected chi connectivity index (χ4v) is 4.41. The maximum Gasteiger partial charge on any atom is 0.143 e. The van der Waals surface area contributed by atoms with E-state index in [-0.39, 0.29) is 0 Å². The van der Waals surface area contributed by atoms with Gasteiger partial charge in [-0.25, -0.2) is 0 Å². The second-order valence-corrected chi connectivity index (χ2v) is 6.78. The fourth-order valence-electron chi connectivity index (χ4n) is 4.16. The van der Waals surface area contributed by atoms with Crippen molar-refractivity contribution in [3.8, 4) is 16.9 Å².